The van der Waals surface area contributed by atoms with Crippen LogP contribution in [0.4, 0.5) is 19.0 Å². The molecule has 0 spiro atoms. The SMILES string of the molecule is O=C(Nc1ccnn1Cc1c(Cl)cccc1Cl)C1CC(=O)N(CC(F)(F)F)C1. The van der Waals surface area contributed by atoms with Crippen molar-refractivity contribution in [3.05, 3.63) is 46.1 Å². The number of anilines is 1. The number of carbonyl (C=O) groups is 2. The fourth-order valence-electron chi connectivity index (χ4n) is 2.94. The molecule has 1 aliphatic heterocycles. The number of benzene rings is 1. The van der Waals surface area contributed by atoms with E-state index in [1.165, 1.54) is 16.9 Å². The third kappa shape index (κ3) is 4.77. The molecule has 1 aliphatic rings. The number of likely N-dealkylation sites (tertiary alicyclic amines) is 1. The van der Waals surface area contributed by atoms with Gasteiger partial charge in [0.15, 0.2) is 0 Å². The lowest BCUT2D eigenvalue weighted by atomic mass is 10.1. The number of halogens is 5. The van der Waals surface area contributed by atoms with Gasteiger partial charge in [-0.1, -0.05) is 29.3 Å². The lowest BCUT2D eigenvalue weighted by Gasteiger charge is -2.18. The molecule has 2 aromatic rings. The van der Waals surface area contributed by atoms with Crippen molar-refractivity contribution in [2.45, 2.75) is 19.1 Å². The Morgan fingerprint density at radius 1 is 1.25 bits per heavy atom. The molecule has 1 aromatic carbocycles. The van der Waals surface area contributed by atoms with Crippen LogP contribution < -0.4 is 5.32 Å². The Hall–Kier alpha value is -2.26. The fraction of sp³-hybridized carbons (Fsp3) is 0.353. The monoisotopic (exact) mass is 434 g/mol. The van der Waals surface area contributed by atoms with Gasteiger partial charge in [0.2, 0.25) is 11.8 Å². The number of nitrogens with zero attached hydrogens (tertiary/aromatic N) is 3. The Morgan fingerprint density at radius 2 is 1.93 bits per heavy atom. The van der Waals surface area contributed by atoms with Crippen molar-refractivity contribution in [3.8, 4) is 0 Å². The van der Waals surface area contributed by atoms with Gasteiger partial charge < -0.3 is 10.2 Å². The number of alkyl halides is 3. The van der Waals surface area contributed by atoms with Crippen molar-refractivity contribution >= 4 is 40.8 Å². The maximum Gasteiger partial charge on any atom is 0.406 e. The molecule has 2 heterocycles. The van der Waals surface area contributed by atoms with E-state index >= 15 is 0 Å². The van der Waals surface area contributed by atoms with Crippen molar-refractivity contribution in [1.82, 2.24) is 14.7 Å². The van der Waals surface area contributed by atoms with Crippen molar-refractivity contribution < 1.29 is 22.8 Å². The van der Waals surface area contributed by atoms with Crippen molar-refractivity contribution in [2.75, 3.05) is 18.4 Å². The first-order valence-electron chi connectivity index (χ1n) is 8.24. The number of amides is 2. The van der Waals surface area contributed by atoms with Crippen LogP contribution in [-0.2, 0) is 16.1 Å². The Balaban J connectivity index is 1.68. The van der Waals surface area contributed by atoms with Gasteiger partial charge in [0.1, 0.15) is 12.4 Å². The molecule has 1 unspecified atom stereocenters. The molecule has 1 N–H and O–H groups in total. The smallest absolute Gasteiger partial charge is 0.333 e. The average Bonchev–Trinajstić information content (AvgIpc) is 3.17. The minimum atomic E-state index is -4.51. The number of hydrogen-bond donors (Lipinski definition) is 1. The topological polar surface area (TPSA) is 67.2 Å². The second-order valence-electron chi connectivity index (χ2n) is 6.35. The first-order chi connectivity index (χ1) is 13.1. The highest BCUT2D eigenvalue weighted by Gasteiger charge is 2.40. The Bertz CT molecular complexity index is 881. The van der Waals surface area contributed by atoms with Crippen LogP contribution in [0, 0.1) is 5.92 Å². The highest BCUT2D eigenvalue weighted by Crippen LogP contribution is 2.27. The number of nitrogens with one attached hydrogen (secondary N) is 1. The van der Waals surface area contributed by atoms with E-state index in [0.717, 1.165) is 0 Å². The predicted octanol–water partition coefficient (Wildman–Crippen LogP) is 3.59. The second-order valence-corrected chi connectivity index (χ2v) is 7.17. The van der Waals surface area contributed by atoms with Crippen LogP contribution >= 0.6 is 23.2 Å². The van der Waals surface area contributed by atoms with Crippen LogP contribution in [0.2, 0.25) is 10.0 Å². The Kier molecular flexibility index (Phi) is 5.85. The summed E-state index contributed by atoms with van der Waals surface area (Å²) in [5, 5.41) is 7.59. The normalized spacial score (nSPS) is 17.2. The molecular weight excluding hydrogens is 420 g/mol. The van der Waals surface area contributed by atoms with Crippen molar-refractivity contribution in [3.63, 3.8) is 0 Å². The maximum atomic E-state index is 12.5. The van der Waals surface area contributed by atoms with Crippen molar-refractivity contribution in [1.29, 1.82) is 0 Å². The van der Waals surface area contributed by atoms with Crippen LogP contribution in [0.5, 0.6) is 0 Å². The first-order valence-corrected chi connectivity index (χ1v) is 9.00. The first kappa shape index (κ1) is 20.5. The molecule has 0 saturated carbocycles. The highest BCUT2D eigenvalue weighted by atomic mass is 35.5. The summed E-state index contributed by atoms with van der Waals surface area (Å²) in [4.78, 5) is 24.8. The molecular formula is C17H15Cl2F3N4O2. The van der Waals surface area contributed by atoms with Gasteiger partial charge in [0.05, 0.1) is 18.7 Å². The summed E-state index contributed by atoms with van der Waals surface area (Å²) in [6.45, 7) is -1.46. The lowest BCUT2D eigenvalue weighted by molar-refractivity contribution is -0.157. The van der Waals surface area contributed by atoms with Gasteiger partial charge in [-0.25, -0.2) is 4.68 Å². The summed E-state index contributed by atoms with van der Waals surface area (Å²) in [5.41, 5.74) is 0.609. The molecule has 1 aromatic heterocycles. The van der Waals surface area contributed by atoms with E-state index < -0.39 is 30.5 Å². The van der Waals surface area contributed by atoms with E-state index in [4.69, 9.17) is 23.2 Å². The molecule has 0 radical (unpaired) electrons. The van der Waals surface area contributed by atoms with Crippen LogP contribution in [0.15, 0.2) is 30.5 Å². The average molecular weight is 435 g/mol. The molecule has 11 heteroatoms. The highest BCUT2D eigenvalue weighted by molar-refractivity contribution is 6.36. The largest absolute Gasteiger partial charge is 0.406 e. The minimum Gasteiger partial charge on any atom is -0.333 e. The van der Waals surface area contributed by atoms with Gasteiger partial charge in [0, 0.05) is 34.6 Å². The van der Waals surface area contributed by atoms with E-state index in [1.807, 2.05) is 0 Å². The van der Waals surface area contributed by atoms with Crippen molar-refractivity contribution in [2.24, 2.45) is 5.92 Å². The number of hydrogen-bond acceptors (Lipinski definition) is 3. The van der Waals surface area contributed by atoms with Crippen LogP contribution in [0.25, 0.3) is 0 Å². The van der Waals surface area contributed by atoms with E-state index in [0.29, 0.717) is 26.3 Å². The molecule has 1 saturated heterocycles. The van der Waals surface area contributed by atoms with E-state index in [9.17, 15) is 22.8 Å². The van der Waals surface area contributed by atoms with Gasteiger partial charge in [-0.05, 0) is 12.1 Å². The standard InChI is InChI=1S/C17H15Cl2F3N4O2/c18-12-2-1-3-13(19)11(12)8-26-14(4-5-23-26)24-16(28)10-6-15(27)25(7-10)9-17(20,21)22/h1-5,10H,6-9H2,(H,24,28). The van der Waals surface area contributed by atoms with Gasteiger partial charge in [-0.15, -0.1) is 0 Å². The number of aromatic nitrogens is 2. The Labute approximate surface area is 168 Å². The molecule has 2 amide bonds. The van der Waals surface area contributed by atoms with Gasteiger partial charge in [0.25, 0.3) is 0 Å². The molecule has 6 nitrogen and oxygen atoms in total. The summed E-state index contributed by atoms with van der Waals surface area (Å²) in [7, 11) is 0. The van der Waals surface area contributed by atoms with E-state index in [1.54, 1.807) is 18.2 Å². The van der Waals surface area contributed by atoms with Crippen LogP contribution in [0.3, 0.4) is 0 Å². The third-order valence-electron chi connectivity index (χ3n) is 4.29. The van der Waals surface area contributed by atoms with Crippen LogP contribution in [-0.4, -0.2) is 45.8 Å². The Morgan fingerprint density at radius 3 is 2.57 bits per heavy atom. The molecule has 1 atom stereocenters. The predicted molar refractivity (Wildman–Crippen MR) is 97.2 cm³/mol. The summed E-state index contributed by atoms with van der Waals surface area (Å²) >= 11 is 12.3. The zero-order valence-corrected chi connectivity index (χ0v) is 15.9. The quantitative estimate of drug-likeness (QED) is 0.781. The van der Waals surface area contributed by atoms with E-state index in [2.05, 4.69) is 10.4 Å². The van der Waals surface area contributed by atoms with Gasteiger partial charge >= 0.3 is 6.18 Å². The van der Waals surface area contributed by atoms with Gasteiger partial charge in [-0.3, -0.25) is 9.59 Å². The fourth-order valence-corrected chi connectivity index (χ4v) is 3.46. The molecule has 28 heavy (non-hydrogen) atoms. The number of rotatable bonds is 5. The molecule has 1 fully saturated rings. The maximum absolute atomic E-state index is 12.5. The zero-order valence-electron chi connectivity index (χ0n) is 14.3. The van der Waals surface area contributed by atoms with E-state index in [-0.39, 0.29) is 19.5 Å². The third-order valence-corrected chi connectivity index (χ3v) is 5.00. The van der Waals surface area contributed by atoms with Gasteiger partial charge in [-0.2, -0.15) is 18.3 Å². The summed E-state index contributed by atoms with van der Waals surface area (Å²) in [6, 6.07) is 6.57. The minimum absolute atomic E-state index is 0.185. The number of carbonyl (C=O) groups excluding carboxylic acids is 2. The second kappa shape index (κ2) is 8.00. The molecule has 3 rings (SSSR count). The molecule has 150 valence electrons. The van der Waals surface area contributed by atoms with Crippen LogP contribution in [0.1, 0.15) is 12.0 Å². The summed E-state index contributed by atoms with van der Waals surface area (Å²) in [5.74, 6) is -1.80. The zero-order chi connectivity index (χ0) is 20.5. The molecule has 0 aliphatic carbocycles. The summed E-state index contributed by atoms with van der Waals surface area (Å²) < 4.78 is 39.0. The molecule has 0 bridgehead atoms. The summed E-state index contributed by atoms with van der Waals surface area (Å²) in [6.07, 6.45) is -3.32. The lowest BCUT2D eigenvalue weighted by Crippen LogP contribution is -2.36.